The highest BCUT2D eigenvalue weighted by atomic mass is 32.2. The number of rotatable bonds is 5. The first-order valence-corrected chi connectivity index (χ1v) is 7.85. The Bertz CT molecular complexity index is 766. The third-order valence-corrected chi connectivity index (χ3v) is 5.10. The Morgan fingerprint density at radius 1 is 1.29 bits per heavy atom. The van der Waals surface area contributed by atoms with Crippen molar-refractivity contribution >= 4 is 26.9 Å². The summed E-state index contributed by atoms with van der Waals surface area (Å²) in [6.07, 6.45) is 1.51. The number of nitrogens with zero attached hydrogens (tertiary/aromatic N) is 2. The predicted octanol–water partition coefficient (Wildman–Crippen LogP) is 1.72. The molecule has 1 heterocycles. The zero-order chi connectivity index (χ0) is 15.6. The first kappa shape index (κ1) is 15.4. The Balaban J connectivity index is 2.62. The van der Waals surface area contributed by atoms with Gasteiger partial charge >= 0.3 is 5.97 Å². The Hall–Kier alpha value is -1.99. The van der Waals surface area contributed by atoms with E-state index in [1.54, 1.807) is 38.1 Å². The van der Waals surface area contributed by atoms with Crippen LogP contribution >= 0.6 is 0 Å². The fourth-order valence-corrected chi connectivity index (χ4v) is 3.84. The van der Waals surface area contributed by atoms with Crippen LogP contribution < -0.4 is 0 Å². The molecule has 0 aliphatic carbocycles. The van der Waals surface area contributed by atoms with Gasteiger partial charge in [-0.25, -0.2) is 8.42 Å². The van der Waals surface area contributed by atoms with Crippen molar-refractivity contribution in [1.82, 2.24) is 9.29 Å². The third-order valence-electron chi connectivity index (χ3n) is 3.05. The number of carboxylic acid groups (broad SMARTS) is 1. The fraction of sp³-hybridized carbons (Fsp3) is 0.286. The molecular formula is C14H16N2O4S. The van der Waals surface area contributed by atoms with Crippen molar-refractivity contribution < 1.29 is 18.3 Å². The third kappa shape index (κ3) is 3.03. The summed E-state index contributed by atoms with van der Waals surface area (Å²) in [7, 11) is -3.93. The molecule has 0 fully saturated rings. The van der Waals surface area contributed by atoms with E-state index in [0.717, 1.165) is 4.31 Å². The van der Waals surface area contributed by atoms with E-state index in [9.17, 15) is 13.2 Å². The normalized spacial score (nSPS) is 12.2. The summed E-state index contributed by atoms with van der Waals surface area (Å²) in [4.78, 5) is 15.1. The standard InChI is InChI=1S/C14H16N2O4S/c1-10(2)16(9-13(17)18)21(19,20)12-7-3-5-11-6-4-8-15-14(11)12/h3-8,10H,9H2,1-2H3,(H,17,18). The maximum atomic E-state index is 12.7. The van der Waals surface area contributed by atoms with Gasteiger partial charge in [0.15, 0.2) is 0 Å². The SMILES string of the molecule is CC(C)N(CC(=O)O)S(=O)(=O)c1cccc2cccnc12. The maximum absolute atomic E-state index is 12.7. The molecule has 1 aromatic carbocycles. The zero-order valence-electron chi connectivity index (χ0n) is 11.7. The summed E-state index contributed by atoms with van der Waals surface area (Å²) in [5.41, 5.74) is 0.344. The van der Waals surface area contributed by atoms with Crippen LogP contribution in [0.2, 0.25) is 0 Å². The molecule has 0 spiro atoms. The molecule has 2 aromatic rings. The molecule has 21 heavy (non-hydrogen) atoms. The number of para-hydroxylation sites is 1. The summed E-state index contributed by atoms with van der Waals surface area (Å²) < 4.78 is 26.4. The van der Waals surface area contributed by atoms with Crippen LogP contribution in [-0.2, 0) is 14.8 Å². The van der Waals surface area contributed by atoms with Crippen molar-refractivity contribution in [1.29, 1.82) is 0 Å². The van der Waals surface area contributed by atoms with Crippen LogP contribution in [0, 0.1) is 0 Å². The summed E-state index contributed by atoms with van der Waals surface area (Å²) in [5, 5.41) is 9.63. The average molecular weight is 308 g/mol. The molecule has 6 nitrogen and oxygen atoms in total. The lowest BCUT2D eigenvalue weighted by atomic mass is 10.2. The molecule has 7 heteroatoms. The second-order valence-corrected chi connectivity index (χ2v) is 6.73. The van der Waals surface area contributed by atoms with Crippen LogP contribution in [0.3, 0.4) is 0 Å². The molecule has 2 rings (SSSR count). The number of hydrogen-bond donors (Lipinski definition) is 1. The molecule has 1 N–H and O–H groups in total. The van der Waals surface area contributed by atoms with Gasteiger partial charge < -0.3 is 5.11 Å². The number of carbonyl (C=O) groups is 1. The topological polar surface area (TPSA) is 87.6 Å². The number of fused-ring (bicyclic) bond motifs is 1. The van der Waals surface area contributed by atoms with E-state index in [2.05, 4.69) is 4.98 Å². The van der Waals surface area contributed by atoms with Crippen molar-refractivity contribution in [2.75, 3.05) is 6.54 Å². The second-order valence-electron chi connectivity index (χ2n) is 4.87. The monoisotopic (exact) mass is 308 g/mol. The molecule has 0 radical (unpaired) electrons. The van der Waals surface area contributed by atoms with Crippen molar-refractivity contribution in [3.8, 4) is 0 Å². The van der Waals surface area contributed by atoms with Gasteiger partial charge in [-0.3, -0.25) is 9.78 Å². The number of hydrogen-bond acceptors (Lipinski definition) is 4. The molecule has 0 saturated carbocycles. The number of aromatic nitrogens is 1. The number of sulfonamides is 1. The van der Waals surface area contributed by atoms with E-state index in [-0.39, 0.29) is 4.90 Å². The van der Waals surface area contributed by atoms with E-state index in [4.69, 9.17) is 5.11 Å². The Morgan fingerprint density at radius 3 is 2.57 bits per heavy atom. The van der Waals surface area contributed by atoms with E-state index < -0.39 is 28.6 Å². The molecule has 0 saturated heterocycles. The summed E-state index contributed by atoms with van der Waals surface area (Å²) in [6.45, 7) is 2.70. The molecule has 0 aliphatic heterocycles. The van der Waals surface area contributed by atoms with Gasteiger partial charge in [0, 0.05) is 17.6 Å². The highest BCUT2D eigenvalue weighted by Gasteiger charge is 2.30. The Labute approximate surface area is 123 Å². The lowest BCUT2D eigenvalue weighted by Crippen LogP contribution is -2.40. The molecule has 0 amide bonds. The number of carboxylic acids is 1. The number of pyridine rings is 1. The smallest absolute Gasteiger partial charge is 0.318 e. The first-order chi connectivity index (χ1) is 9.84. The highest BCUT2D eigenvalue weighted by molar-refractivity contribution is 7.89. The number of benzene rings is 1. The lowest BCUT2D eigenvalue weighted by molar-refractivity contribution is -0.137. The van der Waals surface area contributed by atoms with Crippen molar-refractivity contribution in [3.05, 3.63) is 36.5 Å². The van der Waals surface area contributed by atoms with Crippen LogP contribution in [-0.4, -0.2) is 41.4 Å². The minimum atomic E-state index is -3.93. The van der Waals surface area contributed by atoms with E-state index in [0.29, 0.717) is 10.9 Å². The van der Waals surface area contributed by atoms with Crippen LogP contribution in [0.25, 0.3) is 10.9 Å². The predicted molar refractivity (Wildman–Crippen MR) is 78.4 cm³/mol. The minimum absolute atomic E-state index is 0.0237. The van der Waals surface area contributed by atoms with E-state index in [1.807, 2.05) is 0 Å². The van der Waals surface area contributed by atoms with Gasteiger partial charge in [-0.05, 0) is 26.0 Å². The van der Waals surface area contributed by atoms with Gasteiger partial charge in [-0.15, -0.1) is 0 Å². The van der Waals surface area contributed by atoms with Gasteiger partial charge in [-0.2, -0.15) is 4.31 Å². The maximum Gasteiger partial charge on any atom is 0.318 e. The Kier molecular flexibility index (Phi) is 4.24. The lowest BCUT2D eigenvalue weighted by Gasteiger charge is -2.24. The largest absolute Gasteiger partial charge is 0.480 e. The second kappa shape index (κ2) is 5.79. The van der Waals surface area contributed by atoms with Gasteiger partial charge in [0.25, 0.3) is 0 Å². The number of aliphatic carboxylic acids is 1. The average Bonchev–Trinajstić information content (AvgIpc) is 2.43. The molecular weight excluding hydrogens is 292 g/mol. The molecule has 0 unspecified atom stereocenters. The zero-order valence-corrected chi connectivity index (χ0v) is 12.5. The van der Waals surface area contributed by atoms with Gasteiger partial charge in [0.05, 0.1) is 5.52 Å². The molecule has 0 atom stereocenters. The van der Waals surface area contributed by atoms with Crippen LogP contribution in [0.1, 0.15) is 13.8 Å². The molecule has 1 aromatic heterocycles. The first-order valence-electron chi connectivity index (χ1n) is 6.41. The minimum Gasteiger partial charge on any atom is -0.480 e. The molecule has 0 aliphatic rings. The molecule has 0 bridgehead atoms. The van der Waals surface area contributed by atoms with Gasteiger partial charge in [-0.1, -0.05) is 18.2 Å². The Morgan fingerprint density at radius 2 is 1.95 bits per heavy atom. The van der Waals surface area contributed by atoms with Gasteiger partial charge in [0.1, 0.15) is 11.4 Å². The summed E-state index contributed by atoms with van der Waals surface area (Å²) >= 11 is 0. The van der Waals surface area contributed by atoms with Crippen LogP contribution in [0.15, 0.2) is 41.4 Å². The van der Waals surface area contributed by atoms with Crippen LogP contribution in [0.5, 0.6) is 0 Å². The summed E-state index contributed by atoms with van der Waals surface area (Å²) in [6, 6.07) is 7.84. The quantitative estimate of drug-likeness (QED) is 0.908. The van der Waals surface area contributed by atoms with Crippen molar-refractivity contribution in [2.45, 2.75) is 24.8 Å². The van der Waals surface area contributed by atoms with Crippen molar-refractivity contribution in [2.24, 2.45) is 0 Å². The summed E-state index contributed by atoms with van der Waals surface area (Å²) in [5.74, 6) is -1.19. The molecule has 112 valence electrons. The van der Waals surface area contributed by atoms with Gasteiger partial charge in [0.2, 0.25) is 10.0 Å². The van der Waals surface area contributed by atoms with E-state index >= 15 is 0 Å². The highest BCUT2D eigenvalue weighted by Crippen LogP contribution is 2.25. The van der Waals surface area contributed by atoms with Crippen molar-refractivity contribution in [3.63, 3.8) is 0 Å². The van der Waals surface area contributed by atoms with Crippen LogP contribution in [0.4, 0.5) is 0 Å². The van der Waals surface area contributed by atoms with E-state index in [1.165, 1.54) is 12.3 Å². The fourth-order valence-electron chi connectivity index (χ4n) is 2.09.